The van der Waals surface area contributed by atoms with E-state index >= 15 is 0 Å². The van der Waals surface area contributed by atoms with Crippen LogP contribution in [0.25, 0.3) is 0 Å². The Hall–Kier alpha value is -1.82. The summed E-state index contributed by atoms with van der Waals surface area (Å²) in [7, 11) is 1.54. The van der Waals surface area contributed by atoms with Crippen molar-refractivity contribution in [3.8, 4) is 5.75 Å². The number of halogens is 1. The number of rotatable bonds is 3. The van der Waals surface area contributed by atoms with E-state index < -0.39 is 0 Å². The second-order valence-electron chi connectivity index (χ2n) is 3.73. The topological polar surface area (TPSA) is 73.1 Å². The van der Waals surface area contributed by atoms with Crippen molar-refractivity contribution in [1.82, 2.24) is 9.97 Å². The second kappa shape index (κ2) is 5.22. The Bertz CT molecular complexity index is 574. The molecule has 0 aliphatic rings. The number of methoxy groups -OCH3 is 1. The van der Waals surface area contributed by atoms with Crippen molar-refractivity contribution in [2.75, 3.05) is 18.2 Å². The minimum atomic E-state index is 0.310. The first-order valence-corrected chi connectivity index (χ1v) is 6.08. The summed E-state index contributed by atoms with van der Waals surface area (Å²) in [5, 5.41) is 3.18. The van der Waals surface area contributed by atoms with E-state index in [-0.39, 0.29) is 0 Å². The highest BCUT2D eigenvalue weighted by molar-refractivity contribution is 9.10. The fourth-order valence-corrected chi connectivity index (χ4v) is 2.05. The zero-order valence-corrected chi connectivity index (χ0v) is 11.7. The van der Waals surface area contributed by atoms with Crippen LogP contribution in [0.1, 0.15) is 5.56 Å². The number of nitrogens with one attached hydrogen (secondary N) is 1. The van der Waals surface area contributed by atoms with Gasteiger partial charge in [-0.3, -0.25) is 0 Å². The number of nitrogens with two attached hydrogens (primary N) is 1. The number of aromatic nitrogens is 2. The Morgan fingerprint density at radius 2 is 2.11 bits per heavy atom. The van der Waals surface area contributed by atoms with Crippen molar-refractivity contribution in [3.63, 3.8) is 0 Å². The lowest BCUT2D eigenvalue weighted by Crippen LogP contribution is -2.03. The molecule has 0 aliphatic carbocycles. The monoisotopic (exact) mass is 308 g/mol. The molecule has 3 N–H and O–H groups in total. The summed E-state index contributed by atoms with van der Waals surface area (Å²) in [6.07, 6.45) is 1.40. The third-order valence-electron chi connectivity index (χ3n) is 2.48. The van der Waals surface area contributed by atoms with Crippen molar-refractivity contribution in [3.05, 3.63) is 34.6 Å². The molecule has 0 saturated heterocycles. The minimum absolute atomic E-state index is 0.310. The molecule has 2 aromatic rings. The van der Waals surface area contributed by atoms with Gasteiger partial charge in [-0.1, -0.05) is 15.9 Å². The van der Waals surface area contributed by atoms with E-state index in [1.807, 2.05) is 25.1 Å². The molecule has 0 amide bonds. The Balaban J connectivity index is 2.37. The summed E-state index contributed by atoms with van der Waals surface area (Å²) >= 11 is 3.42. The van der Waals surface area contributed by atoms with Gasteiger partial charge in [-0.15, -0.1) is 0 Å². The molecular formula is C12H13BrN4O. The van der Waals surface area contributed by atoms with Gasteiger partial charge in [-0.25, -0.2) is 9.97 Å². The van der Waals surface area contributed by atoms with E-state index in [4.69, 9.17) is 10.5 Å². The Morgan fingerprint density at radius 1 is 1.33 bits per heavy atom. The van der Waals surface area contributed by atoms with Crippen LogP contribution in [0.15, 0.2) is 29.0 Å². The maximum absolute atomic E-state index is 5.72. The number of nitrogen functional groups attached to an aromatic ring is 1. The van der Waals surface area contributed by atoms with Crippen molar-refractivity contribution in [2.24, 2.45) is 0 Å². The molecule has 1 aromatic heterocycles. The lowest BCUT2D eigenvalue weighted by Gasteiger charge is -2.12. The molecule has 0 radical (unpaired) electrons. The highest BCUT2D eigenvalue weighted by atomic mass is 79.9. The van der Waals surface area contributed by atoms with Gasteiger partial charge >= 0.3 is 0 Å². The van der Waals surface area contributed by atoms with Crippen LogP contribution in [0.3, 0.4) is 0 Å². The number of ether oxygens (including phenoxy) is 1. The summed E-state index contributed by atoms with van der Waals surface area (Å²) < 4.78 is 6.22. The lowest BCUT2D eigenvalue weighted by atomic mass is 10.2. The van der Waals surface area contributed by atoms with Gasteiger partial charge in [0.2, 0.25) is 5.75 Å². The molecular weight excluding hydrogens is 296 g/mol. The lowest BCUT2D eigenvalue weighted by molar-refractivity contribution is 0.415. The van der Waals surface area contributed by atoms with Crippen LogP contribution in [0.4, 0.5) is 17.3 Å². The SMILES string of the molecule is COc1c(N)ncnc1Nc1ccc(Br)cc1C. The zero-order valence-electron chi connectivity index (χ0n) is 10.1. The largest absolute Gasteiger partial charge is 0.490 e. The molecule has 0 unspecified atom stereocenters. The average Bonchev–Trinajstić information content (AvgIpc) is 2.33. The maximum atomic E-state index is 5.72. The predicted octanol–water partition coefficient (Wildman–Crippen LogP) is 2.88. The van der Waals surface area contributed by atoms with Crippen LogP contribution in [0.5, 0.6) is 5.75 Å². The second-order valence-corrected chi connectivity index (χ2v) is 4.64. The Kier molecular flexibility index (Phi) is 3.66. The predicted molar refractivity (Wildman–Crippen MR) is 75.2 cm³/mol. The fourth-order valence-electron chi connectivity index (χ4n) is 1.57. The van der Waals surface area contributed by atoms with E-state index in [1.165, 1.54) is 13.4 Å². The summed E-state index contributed by atoms with van der Waals surface area (Å²) in [5.74, 6) is 1.31. The number of nitrogens with zero attached hydrogens (tertiary/aromatic N) is 2. The van der Waals surface area contributed by atoms with E-state index in [2.05, 4.69) is 31.2 Å². The number of anilines is 3. The number of hydrogen-bond donors (Lipinski definition) is 2. The van der Waals surface area contributed by atoms with Crippen molar-refractivity contribution >= 4 is 33.3 Å². The standard InChI is InChI=1S/C12H13BrN4O/c1-7-5-8(13)3-4-9(7)17-12-10(18-2)11(14)15-6-16-12/h3-6H,1-2H3,(H3,14,15,16,17). The molecule has 0 spiro atoms. The first kappa shape index (κ1) is 12.6. The van der Waals surface area contributed by atoms with Crippen LogP contribution in [0.2, 0.25) is 0 Å². The molecule has 94 valence electrons. The summed E-state index contributed by atoms with van der Waals surface area (Å²) in [6.45, 7) is 2.00. The molecule has 18 heavy (non-hydrogen) atoms. The van der Waals surface area contributed by atoms with Gasteiger partial charge in [-0.2, -0.15) is 0 Å². The summed E-state index contributed by atoms with van der Waals surface area (Å²) in [5.41, 5.74) is 7.75. The van der Waals surface area contributed by atoms with Gasteiger partial charge in [0.15, 0.2) is 11.6 Å². The highest BCUT2D eigenvalue weighted by Gasteiger charge is 2.10. The minimum Gasteiger partial charge on any atom is -0.490 e. The highest BCUT2D eigenvalue weighted by Crippen LogP contribution is 2.30. The van der Waals surface area contributed by atoms with Gasteiger partial charge in [0, 0.05) is 10.2 Å². The molecule has 0 atom stereocenters. The molecule has 0 fully saturated rings. The summed E-state index contributed by atoms with van der Waals surface area (Å²) in [6, 6.07) is 5.92. The van der Waals surface area contributed by atoms with Crippen LogP contribution >= 0.6 is 15.9 Å². The quantitative estimate of drug-likeness (QED) is 0.912. The first-order chi connectivity index (χ1) is 8.61. The fraction of sp³-hybridized carbons (Fsp3) is 0.167. The van der Waals surface area contributed by atoms with Gasteiger partial charge < -0.3 is 15.8 Å². The van der Waals surface area contributed by atoms with E-state index in [0.717, 1.165) is 15.7 Å². The average molecular weight is 309 g/mol. The number of benzene rings is 1. The van der Waals surface area contributed by atoms with E-state index in [0.29, 0.717) is 17.4 Å². The van der Waals surface area contributed by atoms with Gasteiger partial charge in [0.25, 0.3) is 0 Å². The van der Waals surface area contributed by atoms with Crippen molar-refractivity contribution in [1.29, 1.82) is 0 Å². The zero-order chi connectivity index (χ0) is 13.1. The van der Waals surface area contributed by atoms with Crippen LogP contribution in [-0.4, -0.2) is 17.1 Å². The van der Waals surface area contributed by atoms with Crippen LogP contribution in [0, 0.1) is 6.92 Å². The van der Waals surface area contributed by atoms with Crippen molar-refractivity contribution in [2.45, 2.75) is 6.92 Å². The molecule has 1 heterocycles. The molecule has 0 aliphatic heterocycles. The molecule has 6 heteroatoms. The van der Waals surface area contributed by atoms with Crippen LogP contribution < -0.4 is 15.8 Å². The Labute approximate surface area is 114 Å². The summed E-state index contributed by atoms with van der Waals surface area (Å²) in [4.78, 5) is 8.01. The third-order valence-corrected chi connectivity index (χ3v) is 2.97. The van der Waals surface area contributed by atoms with Gasteiger partial charge in [0.05, 0.1) is 7.11 Å². The molecule has 2 rings (SSSR count). The number of hydrogen-bond acceptors (Lipinski definition) is 5. The van der Waals surface area contributed by atoms with Crippen molar-refractivity contribution < 1.29 is 4.74 Å². The molecule has 5 nitrogen and oxygen atoms in total. The maximum Gasteiger partial charge on any atom is 0.204 e. The third kappa shape index (κ3) is 2.53. The van der Waals surface area contributed by atoms with Gasteiger partial charge in [-0.05, 0) is 30.7 Å². The van der Waals surface area contributed by atoms with Crippen LogP contribution in [-0.2, 0) is 0 Å². The molecule has 0 saturated carbocycles. The Morgan fingerprint density at radius 3 is 2.78 bits per heavy atom. The first-order valence-electron chi connectivity index (χ1n) is 5.29. The molecule has 1 aromatic carbocycles. The van der Waals surface area contributed by atoms with E-state index in [1.54, 1.807) is 0 Å². The molecule has 0 bridgehead atoms. The van der Waals surface area contributed by atoms with Gasteiger partial charge in [0.1, 0.15) is 6.33 Å². The smallest absolute Gasteiger partial charge is 0.204 e. The normalized spacial score (nSPS) is 10.2. The van der Waals surface area contributed by atoms with E-state index in [9.17, 15) is 0 Å². The number of aryl methyl sites for hydroxylation is 1.